The van der Waals surface area contributed by atoms with Crippen molar-refractivity contribution in [1.29, 1.82) is 0 Å². The lowest BCUT2D eigenvalue weighted by Crippen LogP contribution is -2.41. The summed E-state index contributed by atoms with van der Waals surface area (Å²) in [4.78, 5) is 15.9. The van der Waals surface area contributed by atoms with Crippen molar-refractivity contribution in [2.45, 2.75) is 39.7 Å². The van der Waals surface area contributed by atoms with Crippen LogP contribution in [0.5, 0.6) is 0 Å². The number of hydrogen-bond acceptors (Lipinski definition) is 4. The molecule has 1 heterocycles. The maximum Gasteiger partial charge on any atom is 0.222 e. The van der Waals surface area contributed by atoms with Crippen LogP contribution in [0.25, 0.3) is 0 Å². The van der Waals surface area contributed by atoms with Crippen molar-refractivity contribution >= 4 is 17.4 Å². The molecule has 0 saturated carbocycles. The van der Waals surface area contributed by atoms with Gasteiger partial charge in [-0.3, -0.25) is 4.79 Å². The monoisotopic (exact) mass is 250 g/mol. The lowest BCUT2D eigenvalue weighted by molar-refractivity contribution is -0.122. The molecule has 1 rings (SSSR count). The zero-order valence-electron chi connectivity index (χ0n) is 11.5. The average Bonchev–Trinajstić information content (AvgIpc) is 2.20. The highest BCUT2D eigenvalue weighted by atomic mass is 16.1. The first-order valence-corrected chi connectivity index (χ1v) is 6.06. The van der Waals surface area contributed by atoms with E-state index in [9.17, 15) is 4.79 Å². The second-order valence-electron chi connectivity index (χ2n) is 5.37. The van der Waals surface area contributed by atoms with Crippen molar-refractivity contribution in [1.82, 2.24) is 10.3 Å². The second-order valence-corrected chi connectivity index (χ2v) is 5.37. The van der Waals surface area contributed by atoms with Crippen molar-refractivity contribution in [3.05, 3.63) is 17.8 Å². The van der Waals surface area contributed by atoms with Gasteiger partial charge in [0.15, 0.2) is 0 Å². The first-order valence-electron chi connectivity index (χ1n) is 6.06. The molecule has 4 N–H and O–H groups in total. The van der Waals surface area contributed by atoms with Gasteiger partial charge in [0.2, 0.25) is 5.91 Å². The minimum Gasteiger partial charge on any atom is -0.396 e. The molecule has 1 aromatic heterocycles. The Kier molecular flexibility index (Phi) is 4.53. The summed E-state index contributed by atoms with van der Waals surface area (Å²) in [6, 6.07) is 3.66. The van der Waals surface area contributed by atoms with E-state index in [1.54, 1.807) is 6.07 Å². The molecule has 0 unspecified atom stereocenters. The average molecular weight is 250 g/mol. The highest BCUT2D eigenvalue weighted by Gasteiger charge is 2.13. The van der Waals surface area contributed by atoms with E-state index in [1.807, 2.05) is 33.8 Å². The van der Waals surface area contributed by atoms with E-state index >= 15 is 0 Å². The lowest BCUT2D eigenvalue weighted by Gasteiger charge is -2.20. The maximum absolute atomic E-state index is 11.6. The van der Waals surface area contributed by atoms with Gasteiger partial charge in [0.25, 0.3) is 0 Å². The van der Waals surface area contributed by atoms with Gasteiger partial charge >= 0.3 is 0 Å². The van der Waals surface area contributed by atoms with Gasteiger partial charge in [-0.1, -0.05) is 0 Å². The van der Waals surface area contributed by atoms with Crippen LogP contribution in [0.15, 0.2) is 12.1 Å². The fraction of sp³-hybridized carbons (Fsp3) is 0.538. The molecule has 5 nitrogen and oxygen atoms in total. The molecule has 18 heavy (non-hydrogen) atoms. The molecule has 100 valence electrons. The Morgan fingerprint density at radius 3 is 2.67 bits per heavy atom. The number of nitrogens with two attached hydrogens (primary N) is 1. The predicted octanol–water partition coefficient (Wildman–Crippen LogP) is 1.69. The van der Waals surface area contributed by atoms with Gasteiger partial charge in [-0.15, -0.1) is 0 Å². The Bertz CT molecular complexity index is 423. The fourth-order valence-corrected chi connectivity index (χ4v) is 1.48. The molecular weight excluding hydrogens is 228 g/mol. The van der Waals surface area contributed by atoms with Crippen LogP contribution in [0, 0.1) is 6.92 Å². The SMILES string of the molecule is Cc1ccc(N)c(NCCC(=O)NC(C)(C)C)n1. The largest absolute Gasteiger partial charge is 0.396 e. The van der Waals surface area contributed by atoms with Gasteiger partial charge in [-0.25, -0.2) is 4.98 Å². The third-order valence-corrected chi connectivity index (χ3v) is 2.22. The quantitative estimate of drug-likeness (QED) is 0.759. The maximum atomic E-state index is 11.6. The molecule has 1 aromatic rings. The van der Waals surface area contributed by atoms with Crippen molar-refractivity contribution in [2.24, 2.45) is 0 Å². The number of aromatic nitrogens is 1. The van der Waals surface area contributed by atoms with E-state index in [1.165, 1.54) is 0 Å². The van der Waals surface area contributed by atoms with Crippen LogP contribution < -0.4 is 16.4 Å². The number of aryl methyl sites for hydroxylation is 1. The zero-order chi connectivity index (χ0) is 13.8. The Morgan fingerprint density at radius 1 is 1.39 bits per heavy atom. The number of amides is 1. The molecule has 1 amide bonds. The van der Waals surface area contributed by atoms with Crippen LogP contribution in [0.3, 0.4) is 0 Å². The van der Waals surface area contributed by atoms with Gasteiger partial charge in [0.1, 0.15) is 5.82 Å². The number of anilines is 2. The molecule has 0 bridgehead atoms. The van der Waals surface area contributed by atoms with Crippen LogP contribution in [-0.4, -0.2) is 23.0 Å². The number of rotatable bonds is 4. The number of nitrogens with zero attached hydrogens (tertiary/aromatic N) is 1. The van der Waals surface area contributed by atoms with E-state index in [2.05, 4.69) is 15.6 Å². The summed E-state index contributed by atoms with van der Waals surface area (Å²) in [6.07, 6.45) is 0.395. The highest BCUT2D eigenvalue weighted by Crippen LogP contribution is 2.14. The summed E-state index contributed by atoms with van der Waals surface area (Å²) < 4.78 is 0. The number of nitrogens with one attached hydrogen (secondary N) is 2. The fourth-order valence-electron chi connectivity index (χ4n) is 1.48. The third kappa shape index (κ3) is 5.03. The first-order chi connectivity index (χ1) is 8.28. The molecule has 0 radical (unpaired) electrons. The number of hydrogen-bond donors (Lipinski definition) is 3. The summed E-state index contributed by atoms with van der Waals surface area (Å²) >= 11 is 0. The number of carbonyl (C=O) groups is 1. The molecule has 0 saturated heterocycles. The van der Waals surface area contributed by atoms with Gasteiger partial charge in [0, 0.05) is 24.2 Å². The Morgan fingerprint density at radius 2 is 2.06 bits per heavy atom. The van der Waals surface area contributed by atoms with Gasteiger partial charge in [0.05, 0.1) is 5.69 Å². The van der Waals surface area contributed by atoms with Crippen molar-refractivity contribution < 1.29 is 4.79 Å². The Hall–Kier alpha value is -1.78. The predicted molar refractivity (Wildman–Crippen MR) is 74.4 cm³/mol. The standard InChI is InChI=1S/C13H22N4O/c1-9-5-6-10(14)12(16-9)15-8-7-11(18)17-13(2,3)4/h5-6H,7-8,14H2,1-4H3,(H,15,16)(H,17,18). The molecule has 0 spiro atoms. The molecule has 5 heteroatoms. The lowest BCUT2D eigenvalue weighted by atomic mass is 10.1. The van der Waals surface area contributed by atoms with Crippen LogP contribution in [0.1, 0.15) is 32.9 Å². The zero-order valence-corrected chi connectivity index (χ0v) is 11.5. The van der Waals surface area contributed by atoms with E-state index in [0.717, 1.165) is 5.69 Å². The minimum absolute atomic E-state index is 0.0150. The van der Waals surface area contributed by atoms with Gasteiger partial charge in [-0.05, 0) is 39.8 Å². The van der Waals surface area contributed by atoms with E-state index in [-0.39, 0.29) is 11.4 Å². The van der Waals surface area contributed by atoms with Gasteiger partial charge in [-0.2, -0.15) is 0 Å². The number of nitrogen functional groups attached to an aromatic ring is 1. The van der Waals surface area contributed by atoms with Crippen molar-refractivity contribution in [3.63, 3.8) is 0 Å². The Balaban J connectivity index is 2.42. The van der Waals surface area contributed by atoms with Crippen LogP contribution in [0.4, 0.5) is 11.5 Å². The third-order valence-electron chi connectivity index (χ3n) is 2.22. The molecule has 0 aromatic carbocycles. The first kappa shape index (κ1) is 14.3. The molecule has 0 aliphatic carbocycles. The van der Waals surface area contributed by atoms with Crippen molar-refractivity contribution in [2.75, 3.05) is 17.6 Å². The number of pyridine rings is 1. The molecule has 0 fully saturated rings. The molecular formula is C13H22N4O. The van der Waals surface area contributed by atoms with E-state index < -0.39 is 0 Å². The van der Waals surface area contributed by atoms with E-state index in [4.69, 9.17) is 5.73 Å². The van der Waals surface area contributed by atoms with Crippen LogP contribution in [-0.2, 0) is 4.79 Å². The Labute approximate surface area is 108 Å². The number of carbonyl (C=O) groups excluding carboxylic acids is 1. The van der Waals surface area contributed by atoms with E-state index in [0.29, 0.717) is 24.5 Å². The summed E-state index contributed by atoms with van der Waals surface area (Å²) in [7, 11) is 0. The highest BCUT2D eigenvalue weighted by molar-refractivity contribution is 5.77. The topological polar surface area (TPSA) is 80.0 Å². The van der Waals surface area contributed by atoms with Crippen LogP contribution in [0.2, 0.25) is 0 Å². The smallest absolute Gasteiger partial charge is 0.222 e. The van der Waals surface area contributed by atoms with Gasteiger partial charge < -0.3 is 16.4 Å². The van der Waals surface area contributed by atoms with Crippen molar-refractivity contribution in [3.8, 4) is 0 Å². The second kappa shape index (κ2) is 5.71. The molecule has 0 aliphatic heterocycles. The summed E-state index contributed by atoms with van der Waals surface area (Å²) in [5.41, 5.74) is 7.07. The summed E-state index contributed by atoms with van der Waals surface area (Å²) in [5.74, 6) is 0.653. The summed E-state index contributed by atoms with van der Waals surface area (Å²) in [6.45, 7) is 8.29. The summed E-state index contributed by atoms with van der Waals surface area (Å²) in [5, 5.41) is 5.97. The molecule has 0 aliphatic rings. The minimum atomic E-state index is -0.197. The molecule has 0 atom stereocenters. The van der Waals surface area contributed by atoms with Crippen LogP contribution >= 0.6 is 0 Å². The normalized spacial score (nSPS) is 11.1.